The smallest absolute Gasteiger partial charge is 0.167 e. The summed E-state index contributed by atoms with van der Waals surface area (Å²) >= 11 is 0. The first-order valence-electron chi connectivity index (χ1n) is 10.5. The highest BCUT2D eigenvalue weighted by Crippen LogP contribution is 2.23. The van der Waals surface area contributed by atoms with Crippen molar-refractivity contribution in [3.63, 3.8) is 0 Å². The van der Waals surface area contributed by atoms with Crippen molar-refractivity contribution in [2.45, 2.75) is 32.6 Å². The van der Waals surface area contributed by atoms with E-state index in [1.165, 1.54) is 12.1 Å². The fourth-order valence-electron chi connectivity index (χ4n) is 3.30. The van der Waals surface area contributed by atoms with Crippen LogP contribution in [0.15, 0.2) is 84.7 Å². The monoisotopic (exact) mass is 420 g/mol. The zero-order valence-corrected chi connectivity index (χ0v) is 17.6. The van der Waals surface area contributed by atoms with E-state index in [1.54, 1.807) is 6.07 Å². The van der Waals surface area contributed by atoms with Gasteiger partial charge in [0.1, 0.15) is 6.61 Å². The van der Waals surface area contributed by atoms with Gasteiger partial charge in [0.25, 0.3) is 0 Å². The van der Waals surface area contributed by atoms with E-state index in [9.17, 15) is 13.6 Å². The van der Waals surface area contributed by atoms with E-state index in [2.05, 4.69) is 0 Å². The second-order valence-electron chi connectivity index (χ2n) is 7.47. The zero-order valence-electron chi connectivity index (χ0n) is 17.6. The van der Waals surface area contributed by atoms with E-state index in [-0.39, 0.29) is 30.1 Å². The summed E-state index contributed by atoms with van der Waals surface area (Å²) in [5.41, 5.74) is 3.73. The third-order valence-corrected chi connectivity index (χ3v) is 5.07. The number of hydrogen-bond donors (Lipinski definition) is 0. The number of ketones is 1. The fraction of sp³-hybridized carbons (Fsp3) is 0.222. The number of rotatable bonds is 10. The van der Waals surface area contributed by atoms with Crippen LogP contribution in [0.3, 0.4) is 0 Å². The second kappa shape index (κ2) is 11.2. The minimum Gasteiger partial charge on any atom is -0.486 e. The maximum atomic E-state index is 14.5. The third kappa shape index (κ3) is 6.35. The number of Topliss-reactive ketones (excluding diaryl/α,β-unsaturated/α-hetero) is 1. The normalized spacial score (nSPS) is 11.4. The first-order chi connectivity index (χ1) is 15.1. The highest BCUT2D eigenvalue weighted by Gasteiger charge is 2.13. The zero-order chi connectivity index (χ0) is 22.1. The Morgan fingerprint density at radius 1 is 0.968 bits per heavy atom. The molecule has 0 aliphatic carbocycles. The highest BCUT2D eigenvalue weighted by molar-refractivity contribution is 5.97. The Morgan fingerprint density at radius 2 is 1.74 bits per heavy atom. The van der Waals surface area contributed by atoms with Crippen molar-refractivity contribution in [3.05, 3.63) is 102 Å². The molecule has 0 atom stereocenters. The quantitative estimate of drug-likeness (QED) is 0.321. The summed E-state index contributed by atoms with van der Waals surface area (Å²) in [7, 11) is 0. The van der Waals surface area contributed by atoms with Crippen LogP contribution in [0.2, 0.25) is 0 Å². The molecule has 0 fully saturated rings. The summed E-state index contributed by atoms with van der Waals surface area (Å²) in [4.78, 5) is 12.7. The molecular weight excluding hydrogens is 394 g/mol. The topological polar surface area (TPSA) is 26.3 Å². The van der Waals surface area contributed by atoms with Crippen molar-refractivity contribution in [1.82, 2.24) is 0 Å². The summed E-state index contributed by atoms with van der Waals surface area (Å²) in [6.45, 7) is 2.01. The predicted molar refractivity (Wildman–Crippen MR) is 121 cm³/mol. The Balaban J connectivity index is 1.66. The van der Waals surface area contributed by atoms with Gasteiger partial charge in [-0.1, -0.05) is 67.9 Å². The Morgan fingerprint density at radius 3 is 2.45 bits per heavy atom. The van der Waals surface area contributed by atoms with Gasteiger partial charge in [0, 0.05) is 12.0 Å². The molecule has 31 heavy (non-hydrogen) atoms. The van der Waals surface area contributed by atoms with E-state index in [1.807, 2.05) is 61.5 Å². The van der Waals surface area contributed by atoms with Crippen molar-refractivity contribution in [2.24, 2.45) is 0 Å². The molecular formula is C27H26F2O2. The summed E-state index contributed by atoms with van der Waals surface area (Å²) in [5.74, 6) is -0.793. The van der Waals surface area contributed by atoms with Gasteiger partial charge in [-0.05, 0) is 53.3 Å². The lowest BCUT2D eigenvalue weighted by Gasteiger charge is -2.10. The molecule has 0 saturated heterocycles. The molecule has 0 spiro atoms. The summed E-state index contributed by atoms with van der Waals surface area (Å²) in [6, 6.07) is 21.9. The maximum Gasteiger partial charge on any atom is 0.167 e. The maximum absolute atomic E-state index is 14.5. The van der Waals surface area contributed by atoms with Crippen molar-refractivity contribution in [1.29, 1.82) is 0 Å². The van der Waals surface area contributed by atoms with E-state index in [4.69, 9.17) is 4.74 Å². The molecule has 0 aliphatic heterocycles. The number of benzene rings is 3. The van der Waals surface area contributed by atoms with Crippen LogP contribution in [-0.4, -0.2) is 12.4 Å². The Bertz CT molecular complexity index is 1040. The van der Waals surface area contributed by atoms with Crippen molar-refractivity contribution < 1.29 is 18.3 Å². The van der Waals surface area contributed by atoms with Crippen LogP contribution in [0.4, 0.5) is 8.78 Å². The average molecular weight is 420 g/mol. The van der Waals surface area contributed by atoms with Crippen molar-refractivity contribution >= 4 is 5.78 Å². The SMILES string of the molecule is CCCCC(=CF)COc1ccc(C(=O)Cc2cccc(-c3ccccc3)c2)cc1F. The lowest BCUT2D eigenvalue weighted by molar-refractivity contribution is 0.0992. The van der Waals surface area contributed by atoms with Gasteiger partial charge >= 0.3 is 0 Å². The van der Waals surface area contributed by atoms with Gasteiger partial charge in [0.2, 0.25) is 0 Å². The number of carbonyl (C=O) groups excluding carboxylic acids is 1. The molecule has 3 aromatic carbocycles. The first-order valence-corrected chi connectivity index (χ1v) is 10.5. The van der Waals surface area contributed by atoms with Gasteiger partial charge in [0.15, 0.2) is 17.3 Å². The number of unbranched alkanes of at least 4 members (excludes halogenated alkanes) is 1. The third-order valence-electron chi connectivity index (χ3n) is 5.07. The van der Waals surface area contributed by atoms with Gasteiger partial charge in [-0.15, -0.1) is 0 Å². The van der Waals surface area contributed by atoms with E-state index < -0.39 is 5.82 Å². The minimum absolute atomic E-state index is 0.00695. The standard InChI is InChI=1S/C27H26F2O2/c1-2-3-8-21(18-28)19-31-27-14-13-24(17-25(27)29)26(30)16-20-9-7-12-23(15-20)22-10-5-4-6-11-22/h4-7,9-15,17-18H,2-3,8,16,19H2,1H3. The van der Waals surface area contributed by atoms with Crippen LogP contribution in [0.5, 0.6) is 5.75 Å². The fourth-order valence-corrected chi connectivity index (χ4v) is 3.30. The summed E-state index contributed by atoms with van der Waals surface area (Å²) < 4.78 is 32.8. The molecule has 0 unspecified atom stereocenters. The van der Waals surface area contributed by atoms with Crippen LogP contribution < -0.4 is 4.74 Å². The molecule has 3 rings (SSSR count). The molecule has 0 saturated carbocycles. The van der Waals surface area contributed by atoms with E-state index >= 15 is 0 Å². The van der Waals surface area contributed by atoms with Gasteiger partial charge in [-0.2, -0.15) is 0 Å². The van der Waals surface area contributed by atoms with Crippen molar-refractivity contribution in [2.75, 3.05) is 6.61 Å². The van der Waals surface area contributed by atoms with Gasteiger partial charge in [0.05, 0.1) is 6.33 Å². The molecule has 0 bridgehead atoms. The van der Waals surface area contributed by atoms with Crippen molar-refractivity contribution in [3.8, 4) is 16.9 Å². The molecule has 0 aliphatic rings. The minimum atomic E-state index is -0.627. The number of carbonyl (C=O) groups is 1. The van der Waals surface area contributed by atoms with E-state index in [0.717, 1.165) is 29.5 Å². The lowest BCUT2D eigenvalue weighted by atomic mass is 9.98. The number of halogens is 2. The van der Waals surface area contributed by atoms with Gasteiger partial charge < -0.3 is 4.74 Å². The molecule has 2 nitrogen and oxygen atoms in total. The van der Waals surface area contributed by atoms with E-state index in [0.29, 0.717) is 18.3 Å². The summed E-state index contributed by atoms with van der Waals surface area (Å²) in [6.07, 6.45) is 3.06. The molecule has 0 N–H and O–H groups in total. The van der Waals surface area contributed by atoms with Gasteiger partial charge in [-0.3, -0.25) is 4.79 Å². The first kappa shape index (κ1) is 22.4. The molecule has 0 radical (unpaired) electrons. The van der Waals surface area contributed by atoms with Crippen LogP contribution in [-0.2, 0) is 6.42 Å². The largest absolute Gasteiger partial charge is 0.486 e. The van der Waals surface area contributed by atoms with Crippen LogP contribution in [0.25, 0.3) is 11.1 Å². The molecule has 0 aromatic heterocycles. The molecule has 4 heteroatoms. The number of ether oxygens (including phenoxy) is 1. The predicted octanol–water partition coefficient (Wildman–Crippen LogP) is 7.34. The Hall–Kier alpha value is -3.27. The highest BCUT2D eigenvalue weighted by atomic mass is 19.1. The molecule has 3 aromatic rings. The van der Waals surface area contributed by atoms with Crippen LogP contribution in [0, 0.1) is 5.82 Å². The Kier molecular flexibility index (Phi) is 8.11. The lowest BCUT2D eigenvalue weighted by Crippen LogP contribution is -2.06. The summed E-state index contributed by atoms with van der Waals surface area (Å²) in [5, 5.41) is 0. The average Bonchev–Trinajstić information content (AvgIpc) is 2.80. The van der Waals surface area contributed by atoms with Crippen LogP contribution in [0.1, 0.15) is 42.1 Å². The van der Waals surface area contributed by atoms with Gasteiger partial charge in [-0.25, -0.2) is 8.78 Å². The Labute approximate surface area is 182 Å². The molecule has 0 amide bonds. The molecule has 0 heterocycles. The number of hydrogen-bond acceptors (Lipinski definition) is 2. The molecule has 160 valence electrons. The second-order valence-corrected chi connectivity index (χ2v) is 7.47. The van der Waals surface area contributed by atoms with Crippen LogP contribution >= 0.6 is 0 Å².